The monoisotopic (exact) mass is 2230 g/mol. The third kappa shape index (κ3) is 17.2. The first-order valence-electron chi connectivity index (χ1n) is 43.7. The van der Waals surface area contributed by atoms with Gasteiger partial charge in [-0.15, -0.1) is 95.2 Å². The average Bonchev–Trinajstić information content (AvgIpc) is 1.55. The minimum atomic E-state index is 0. The minimum absolute atomic E-state index is 0. The van der Waals surface area contributed by atoms with Gasteiger partial charge in [0, 0.05) is 64.1 Å². The van der Waals surface area contributed by atoms with E-state index in [0.29, 0.717) is 0 Å². The van der Waals surface area contributed by atoms with E-state index < -0.39 is 0 Å². The molecule has 24 rings (SSSR count). The second-order valence-corrected chi connectivity index (χ2v) is 31.9. The SMILES string of the molecule is CCc1cccc(CC)c1-c1cn2c(n1)c1[c-]cccc1c1c3ccccc3n(C)c12.CCc1cccc(CC)c1-c1cn2c(n1)c1[c-]cccc1n1c3ccccc3cc21.CCc1cccc(CC)c1-c1cn2c(n1)c1[c-]cccc1n1c3ccccc3nc21.CN1C=CN(c2[c-]cccc2)[CH-]1.CN1C=CN(c2[c-]cccc2)[CH-]1.CN1C=CN(c2[c-]cccc2)[CH-]1.[Ir+3].[Ir+3].[Ir+3]. The van der Waals surface area contributed by atoms with Crippen molar-refractivity contribution in [2.24, 2.45) is 7.05 Å². The van der Waals surface area contributed by atoms with Crippen molar-refractivity contribution in [2.45, 2.75) is 80.1 Å². The number of para-hydroxylation sites is 7. The van der Waals surface area contributed by atoms with Crippen LogP contribution in [0.3, 0.4) is 0 Å². The summed E-state index contributed by atoms with van der Waals surface area (Å²) >= 11 is 0. The van der Waals surface area contributed by atoms with Crippen LogP contribution in [-0.2, 0) is 106 Å². The van der Waals surface area contributed by atoms with E-state index in [0.717, 1.165) is 139 Å². The Balaban J connectivity index is 0.000000119. The number of anilines is 3. The third-order valence-electron chi connectivity index (χ3n) is 24.0. The van der Waals surface area contributed by atoms with E-state index in [2.05, 4.69) is 288 Å². The van der Waals surface area contributed by atoms with Gasteiger partial charge in [-0.3, -0.25) is 15.0 Å². The summed E-state index contributed by atoms with van der Waals surface area (Å²) in [5, 5.41) is 8.10. The van der Waals surface area contributed by atoms with Gasteiger partial charge in [0.2, 0.25) is 5.78 Å². The molecule has 130 heavy (non-hydrogen) atoms. The van der Waals surface area contributed by atoms with Crippen molar-refractivity contribution in [1.29, 1.82) is 0 Å². The van der Waals surface area contributed by atoms with E-state index in [9.17, 15) is 0 Å². The Hall–Kier alpha value is -13.2. The van der Waals surface area contributed by atoms with Crippen LogP contribution < -0.4 is 14.7 Å². The van der Waals surface area contributed by atoms with Crippen molar-refractivity contribution in [3.63, 3.8) is 0 Å². The van der Waals surface area contributed by atoms with Crippen molar-refractivity contribution in [1.82, 2.24) is 61.2 Å². The molecule has 19 heteroatoms. The van der Waals surface area contributed by atoms with Crippen molar-refractivity contribution < 1.29 is 60.3 Å². The summed E-state index contributed by atoms with van der Waals surface area (Å²) in [4.78, 5) is 32.5. The molecule has 0 saturated heterocycles. The van der Waals surface area contributed by atoms with E-state index >= 15 is 0 Å². The molecule has 12 aromatic carbocycles. The van der Waals surface area contributed by atoms with Crippen LogP contribution in [0.2, 0.25) is 0 Å². The third-order valence-corrected chi connectivity index (χ3v) is 24.0. The molecule has 0 spiro atoms. The van der Waals surface area contributed by atoms with Crippen LogP contribution in [0.5, 0.6) is 0 Å². The van der Waals surface area contributed by atoms with Gasteiger partial charge in [0.25, 0.3) is 0 Å². The molecule has 0 fully saturated rings. The fraction of sp³-hybridized carbons (Fsp3) is 0.144. The van der Waals surface area contributed by atoms with E-state index in [1.54, 1.807) is 0 Å². The van der Waals surface area contributed by atoms with Crippen LogP contribution in [0.15, 0.2) is 317 Å². The molecule has 3 aliphatic rings. The Morgan fingerprint density at radius 1 is 0.308 bits per heavy atom. The normalized spacial score (nSPS) is 12.7. The number of pyridine rings is 1. The summed E-state index contributed by atoms with van der Waals surface area (Å²) in [6.07, 6.45) is 24.5. The quantitative estimate of drug-likeness (QED) is 0.110. The summed E-state index contributed by atoms with van der Waals surface area (Å²) in [7, 11) is 8.15. The number of hydrogen-bond acceptors (Lipinski definition) is 10. The van der Waals surface area contributed by atoms with Gasteiger partial charge in [0.05, 0.1) is 45.1 Å². The number of aromatic nitrogens is 10. The smallest absolute Gasteiger partial charge is 0.510 e. The molecule has 0 radical (unpaired) electrons. The summed E-state index contributed by atoms with van der Waals surface area (Å²) in [5.74, 6) is 0.879. The molecule has 648 valence electrons. The Morgan fingerprint density at radius 2 is 0.677 bits per heavy atom. The van der Waals surface area contributed by atoms with Crippen LogP contribution >= 0.6 is 0 Å². The summed E-state index contributed by atoms with van der Waals surface area (Å²) in [5.41, 5.74) is 30.0. The van der Waals surface area contributed by atoms with Crippen molar-refractivity contribution in [3.8, 4) is 33.8 Å². The van der Waals surface area contributed by atoms with Gasteiger partial charge in [0.15, 0.2) is 0 Å². The van der Waals surface area contributed by atoms with Gasteiger partial charge < -0.3 is 56.0 Å². The molecule has 16 nitrogen and oxygen atoms in total. The topological polar surface area (TPSA) is 98.0 Å². The molecular formula is C111H97Ir3N16. The minimum Gasteiger partial charge on any atom is -0.510 e. The van der Waals surface area contributed by atoms with E-state index in [1.807, 2.05) is 211 Å². The molecule has 9 aromatic heterocycles. The summed E-state index contributed by atoms with van der Waals surface area (Å²) < 4.78 is 13.5. The zero-order valence-electron chi connectivity index (χ0n) is 74.2. The van der Waals surface area contributed by atoms with Gasteiger partial charge in [-0.25, -0.2) is 4.98 Å². The van der Waals surface area contributed by atoms with Crippen LogP contribution in [0.1, 0.15) is 74.9 Å². The molecule has 0 bridgehead atoms. The maximum atomic E-state index is 5.21. The zero-order chi connectivity index (χ0) is 86.8. The molecule has 0 atom stereocenters. The Bertz CT molecular complexity index is 7260. The fourth-order valence-corrected chi connectivity index (χ4v) is 18.0. The number of nitrogens with zero attached hydrogens (tertiary/aromatic N) is 16. The van der Waals surface area contributed by atoms with E-state index in [-0.39, 0.29) is 60.3 Å². The Morgan fingerprint density at radius 3 is 1.13 bits per heavy atom. The van der Waals surface area contributed by atoms with Crippen LogP contribution in [0.4, 0.5) is 17.1 Å². The molecule has 0 aliphatic carbocycles. The van der Waals surface area contributed by atoms with Crippen molar-refractivity contribution >= 4 is 122 Å². The van der Waals surface area contributed by atoms with Gasteiger partial charge >= 0.3 is 60.3 Å². The van der Waals surface area contributed by atoms with Crippen LogP contribution in [0.25, 0.3) is 139 Å². The van der Waals surface area contributed by atoms with Crippen LogP contribution in [-0.4, -0.2) is 82.3 Å². The molecule has 3 aliphatic heterocycles. The van der Waals surface area contributed by atoms with E-state index in [4.69, 9.17) is 19.9 Å². The number of rotatable bonds is 12. The predicted molar refractivity (Wildman–Crippen MR) is 523 cm³/mol. The first kappa shape index (κ1) is 90.2. The molecule has 12 heterocycles. The first-order valence-corrected chi connectivity index (χ1v) is 43.7. The van der Waals surface area contributed by atoms with Gasteiger partial charge in [-0.2, -0.15) is 111 Å². The van der Waals surface area contributed by atoms with Gasteiger partial charge in [-0.05, 0) is 177 Å². The number of benzene rings is 12. The van der Waals surface area contributed by atoms with E-state index in [1.165, 1.54) is 88.3 Å². The maximum Gasteiger partial charge on any atom is 3.00 e. The molecular weight excluding hydrogens is 2130 g/mol. The average molecular weight is 2230 g/mol. The second kappa shape index (κ2) is 39.8. The number of fused-ring (bicyclic) bond motifs is 24. The second-order valence-electron chi connectivity index (χ2n) is 31.9. The van der Waals surface area contributed by atoms with Crippen molar-refractivity contribution in [2.75, 3.05) is 35.8 Å². The Labute approximate surface area is 800 Å². The largest absolute Gasteiger partial charge is 3.00 e. The fourth-order valence-electron chi connectivity index (χ4n) is 18.0. The summed E-state index contributed by atoms with van der Waals surface area (Å²) in [6, 6.07) is 110. The predicted octanol–water partition coefficient (Wildman–Crippen LogP) is 24.6. The maximum absolute atomic E-state index is 5.21. The zero-order valence-corrected chi connectivity index (χ0v) is 81.3. The standard InChI is InChI=1S/C28H24N3.C27H22N3.C26H21N4.3C10H10N2.3Ir/c1-4-18-11-10-12-19(5-2)25(18)23-17-31-27(29-23)21-14-7-6-13-20(21)26-22-15-8-9-16-24(22)30(3)28(26)31;1-3-18-11-9-12-19(4-2)26(18)22-17-29-25-16-20-10-5-7-14-23(20)30(25)24-15-8-6-13-21(24)27(29)28-22;1-3-17-10-9-11-18(4-2)24(17)21-16-29-25(27-21)19-12-5-7-14-22(19)30-23-15-8-6-13-20(23)28-26(29)30;3*1-11-7-8-12(9-11)10-5-3-2-4-6-10;;;/h6-13,15-17H,4-5H2,1-3H3;5-12,14-17H,3-4H2,1-2H3;5-11,13-16H,3-4H2,1-2H3;3*2-5,7-9H,1H3;;;/q3*-1;3*-2;3*+3. The molecule has 0 saturated carbocycles. The van der Waals surface area contributed by atoms with Gasteiger partial charge in [-0.1, -0.05) is 161 Å². The molecule has 0 unspecified atom stereocenters. The van der Waals surface area contributed by atoms with Crippen LogP contribution in [0, 0.1) is 56.4 Å². The Kier molecular flexibility index (Phi) is 27.6. The summed E-state index contributed by atoms with van der Waals surface area (Å²) in [6.45, 7) is 19.3. The number of imidazole rings is 4. The van der Waals surface area contributed by atoms with Crippen molar-refractivity contribution in [3.05, 3.63) is 406 Å². The van der Waals surface area contributed by atoms with Gasteiger partial charge in [0.1, 0.15) is 11.3 Å². The molecule has 0 N–H and O–H groups in total. The molecule has 0 amide bonds. The molecule has 21 aromatic rings. The first-order chi connectivity index (χ1) is 62.4. The number of aryl methyl sites for hydroxylation is 7. The number of hydrogen-bond donors (Lipinski definition) is 0.